The Balaban J connectivity index is 3.25. The van der Waals surface area contributed by atoms with Crippen LogP contribution in [0.25, 0.3) is 0 Å². The fourth-order valence-corrected chi connectivity index (χ4v) is 2.13. The third kappa shape index (κ3) is 3.19. The third-order valence-electron chi connectivity index (χ3n) is 2.97. The van der Waals surface area contributed by atoms with Crippen molar-refractivity contribution in [3.05, 3.63) is 22.9 Å². The predicted octanol–water partition coefficient (Wildman–Crippen LogP) is 2.82. The minimum Gasteiger partial charge on any atom is -0.392 e. The number of anilines is 1. The number of nitrogens with zero attached hydrogens (tertiary/aromatic N) is 2. The Morgan fingerprint density at radius 1 is 1.35 bits per heavy atom. The molecule has 0 aliphatic carbocycles. The smallest absolute Gasteiger partial charge is 0.134 e. The summed E-state index contributed by atoms with van der Waals surface area (Å²) in [5, 5.41) is 9.52. The van der Waals surface area contributed by atoms with Crippen LogP contribution in [-0.2, 0) is 6.61 Å². The summed E-state index contributed by atoms with van der Waals surface area (Å²) >= 11 is 0. The van der Waals surface area contributed by atoms with Gasteiger partial charge in [0.1, 0.15) is 5.82 Å². The summed E-state index contributed by atoms with van der Waals surface area (Å²) in [5.41, 5.74) is 3.09. The Morgan fingerprint density at radius 2 is 2.00 bits per heavy atom. The molecule has 0 aliphatic rings. The lowest BCUT2D eigenvalue weighted by molar-refractivity contribution is 0.280. The summed E-state index contributed by atoms with van der Waals surface area (Å²) in [7, 11) is 0. The molecule has 0 spiro atoms. The first-order chi connectivity index (χ1) is 8.01. The van der Waals surface area contributed by atoms with Gasteiger partial charge in [-0.15, -0.1) is 0 Å². The maximum atomic E-state index is 9.52. The van der Waals surface area contributed by atoms with Crippen LogP contribution in [0.15, 0.2) is 6.07 Å². The summed E-state index contributed by atoms with van der Waals surface area (Å²) in [6.07, 6.45) is 1.08. The van der Waals surface area contributed by atoms with E-state index in [-0.39, 0.29) is 6.61 Å². The van der Waals surface area contributed by atoms with Crippen molar-refractivity contribution in [2.75, 3.05) is 11.4 Å². The predicted molar refractivity (Wildman–Crippen MR) is 72.4 cm³/mol. The molecular weight excluding hydrogens is 212 g/mol. The zero-order chi connectivity index (χ0) is 13.0. The lowest BCUT2D eigenvalue weighted by Gasteiger charge is -2.30. The van der Waals surface area contributed by atoms with Crippen LogP contribution in [0.4, 0.5) is 5.82 Å². The number of hydrogen-bond acceptors (Lipinski definition) is 3. The zero-order valence-corrected chi connectivity index (χ0v) is 11.6. The Kier molecular flexibility index (Phi) is 4.94. The minimum atomic E-state index is 0.0569. The van der Waals surface area contributed by atoms with Crippen molar-refractivity contribution in [2.45, 2.75) is 53.7 Å². The second-order valence-electron chi connectivity index (χ2n) is 4.83. The highest BCUT2D eigenvalue weighted by molar-refractivity contribution is 5.51. The van der Waals surface area contributed by atoms with Crippen LogP contribution in [-0.4, -0.2) is 22.7 Å². The number of aliphatic hydroxyl groups is 1. The fourth-order valence-electron chi connectivity index (χ4n) is 2.13. The molecule has 0 aliphatic heterocycles. The van der Waals surface area contributed by atoms with Gasteiger partial charge in [0, 0.05) is 23.8 Å². The number of hydrogen-bond donors (Lipinski definition) is 1. The summed E-state index contributed by atoms with van der Waals surface area (Å²) in [6.45, 7) is 11.6. The second-order valence-corrected chi connectivity index (χ2v) is 4.83. The highest BCUT2D eigenvalue weighted by Gasteiger charge is 2.17. The molecule has 17 heavy (non-hydrogen) atoms. The molecule has 0 fully saturated rings. The summed E-state index contributed by atoms with van der Waals surface area (Å²) in [4.78, 5) is 6.88. The van der Waals surface area contributed by atoms with Crippen LogP contribution in [0.2, 0.25) is 0 Å². The van der Waals surface area contributed by atoms with Gasteiger partial charge in [0.05, 0.1) is 6.61 Å². The van der Waals surface area contributed by atoms with Gasteiger partial charge < -0.3 is 10.0 Å². The summed E-state index contributed by atoms with van der Waals surface area (Å²) < 4.78 is 0. The van der Waals surface area contributed by atoms with Crippen molar-refractivity contribution in [1.82, 2.24) is 4.98 Å². The quantitative estimate of drug-likeness (QED) is 0.854. The fraction of sp³-hybridized carbons (Fsp3) is 0.643. The van der Waals surface area contributed by atoms with Crippen LogP contribution in [0.5, 0.6) is 0 Å². The van der Waals surface area contributed by atoms with Gasteiger partial charge in [0.25, 0.3) is 0 Å². The molecule has 0 amide bonds. The zero-order valence-electron chi connectivity index (χ0n) is 11.6. The summed E-state index contributed by atoms with van der Waals surface area (Å²) in [6, 6.07) is 2.42. The van der Waals surface area contributed by atoms with Gasteiger partial charge in [-0.1, -0.05) is 6.92 Å². The molecule has 0 radical (unpaired) electrons. The first-order valence-electron chi connectivity index (χ1n) is 6.35. The highest BCUT2D eigenvalue weighted by atomic mass is 16.3. The van der Waals surface area contributed by atoms with E-state index in [0.29, 0.717) is 6.04 Å². The molecule has 0 unspecified atom stereocenters. The molecule has 0 bridgehead atoms. The Bertz CT molecular complexity index is 375. The maximum absolute atomic E-state index is 9.52. The molecule has 96 valence electrons. The van der Waals surface area contributed by atoms with E-state index < -0.39 is 0 Å². The average Bonchev–Trinajstić information content (AvgIpc) is 2.24. The molecule has 0 atom stereocenters. The standard InChI is InChI=1S/C14H24N2O/c1-6-7-16(10(2)3)14-13(9-17)11(4)8-12(5)15-14/h8,10,17H,6-7,9H2,1-5H3. The first-order valence-corrected chi connectivity index (χ1v) is 6.35. The van der Waals surface area contributed by atoms with Crippen molar-refractivity contribution >= 4 is 5.82 Å². The lowest BCUT2D eigenvalue weighted by Crippen LogP contribution is -2.33. The largest absolute Gasteiger partial charge is 0.392 e. The molecule has 1 aromatic rings. The van der Waals surface area contributed by atoms with E-state index in [4.69, 9.17) is 0 Å². The van der Waals surface area contributed by atoms with Crippen LogP contribution < -0.4 is 4.90 Å². The average molecular weight is 236 g/mol. The molecular formula is C14H24N2O. The van der Waals surface area contributed by atoms with Crippen LogP contribution in [0, 0.1) is 13.8 Å². The monoisotopic (exact) mass is 236 g/mol. The number of rotatable bonds is 5. The van der Waals surface area contributed by atoms with Crippen LogP contribution >= 0.6 is 0 Å². The molecule has 0 saturated heterocycles. The third-order valence-corrected chi connectivity index (χ3v) is 2.97. The van der Waals surface area contributed by atoms with Gasteiger partial charge in [-0.25, -0.2) is 4.98 Å². The molecule has 1 N–H and O–H groups in total. The van der Waals surface area contributed by atoms with Gasteiger partial charge in [0.2, 0.25) is 0 Å². The molecule has 1 aromatic heterocycles. The van der Waals surface area contributed by atoms with E-state index in [1.807, 2.05) is 19.9 Å². The van der Waals surface area contributed by atoms with E-state index >= 15 is 0 Å². The number of pyridine rings is 1. The molecule has 1 rings (SSSR count). The number of aryl methyl sites for hydroxylation is 2. The van der Waals surface area contributed by atoms with E-state index in [2.05, 4.69) is 30.7 Å². The number of aliphatic hydroxyl groups excluding tert-OH is 1. The SMILES string of the molecule is CCCN(c1nc(C)cc(C)c1CO)C(C)C. The van der Waals surface area contributed by atoms with Crippen molar-refractivity contribution < 1.29 is 5.11 Å². The van der Waals surface area contributed by atoms with E-state index in [1.54, 1.807) is 0 Å². The second kappa shape index (κ2) is 6.01. The van der Waals surface area contributed by atoms with Crippen molar-refractivity contribution in [3.63, 3.8) is 0 Å². The van der Waals surface area contributed by atoms with Gasteiger partial charge in [-0.3, -0.25) is 0 Å². The van der Waals surface area contributed by atoms with Crippen molar-refractivity contribution in [3.8, 4) is 0 Å². The van der Waals surface area contributed by atoms with Gasteiger partial charge in [-0.05, 0) is 45.7 Å². The van der Waals surface area contributed by atoms with Gasteiger partial charge in [0.15, 0.2) is 0 Å². The molecule has 0 aromatic carbocycles. The molecule has 1 heterocycles. The first kappa shape index (κ1) is 14.0. The Hall–Kier alpha value is -1.09. The topological polar surface area (TPSA) is 36.4 Å². The van der Waals surface area contributed by atoms with E-state index in [0.717, 1.165) is 35.6 Å². The van der Waals surface area contributed by atoms with E-state index in [9.17, 15) is 5.11 Å². The lowest BCUT2D eigenvalue weighted by atomic mass is 10.1. The van der Waals surface area contributed by atoms with Crippen molar-refractivity contribution in [1.29, 1.82) is 0 Å². The van der Waals surface area contributed by atoms with Gasteiger partial charge >= 0.3 is 0 Å². The Morgan fingerprint density at radius 3 is 2.47 bits per heavy atom. The molecule has 3 nitrogen and oxygen atoms in total. The highest BCUT2D eigenvalue weighted by Crippen LogP contribution is 2.24. The van der Waals surface area contributed by atoms with Crippen LogP contribution in [0.3, 0.4) is 0 Å². The van der Waals surface area contributed by atoms with Crippen LogP contribution in [0.1, 0.15) is 44.0 Å². The van der Waals surface area contributed by atoms with Gasteiger partial charge in [-0.2, -0.15) is 0 Å². The van der Waals surface area contributed by atoms with Crippen molar-refractivity contribution in [2.24, 2.45) is 0 Å². The number of aromatic nitrogens is 1. The summed E-state index contributed by atoms with van der Waals surface area (Å²) in [5.74, 6) is 0.946. The molecule has 0 saturated carbocycles. The van der Waals surface area contributed by atoms with E-state index in [1.165, 1.54) is 0 Å². The normalized spacial score (nSPS) is 11.0. The minimum absolute atomic E-state index is 0.0569. The Labute approximate surface area is 104 Å². The maximum Gasteiger partial charge on any atom is 0.134 e. The molecule has 3 heteroatoms.